The van der Waals surface area contributed by atoms with Crippen molar-refractivity contribution in [2.24, 2.45) is 0 Å². The van der Waals surface area contributed by atoms with Crippen LogP contribution in [0.4, 0.5) is 0 Å². The van der Waals surface area contributed by atoms with Crippen LogP contribution < -0.4 is 0 Å². The van der Waals surface area contributed by atoms with Gasteiger partial charge in [-0.05, 0) is 65.8 Å². The first-order chi connectivity index (χ1) is 11.4. The molecule has 1 aliphatic rings. The van der Waals surface area contributed by atoms with Gasteiger partial charge >= 0.3 is 0 Å². The molecule has 2 aromatic heterocycles. The molecule has 112 valence electrons. The van der Waals surface area contributed by atoms with Gasteiger partial charge in [-0.1, -0.05) is 30.3 Å². The largest absolute Gasteiger partial charge is 0.463 e. The van der Waals surface area contributed by atoms with Gasteiger partial charge in [-0.2, -0.15) is 0 Å². The van der Waals surface area contributed by atoms with E-state index in [2.05, 4.69) is 36.4 Å². The van der Waals surface area contributed by atoms with Gasteiger partial charge in [0.05, 0.1) is 11.8 Å². The molecule has 0 radical (unpaired) electrons. The van der Waals surface area contributed by atoms with Gasteiger partial charge < -0.3 is 4.42 Å². The fraction of sp³-hybridized carbons (Fsp3) is 0.190. The minimum Gasteiger partial charge on any atom is -0.463 e. The van der Waals surface area contributed by atoms with E-state index in [1.165, 1.54) is 40.1 Å². The zero-order chi connectivity index (χ0) is 15.2. The fourth-order valence-electron chi connectivity index (χ4n) is 3.92. The molecular formula is C21H17NO. The summed E-state index contributed by atoms with van der Waals surface area (Å²) >= 11 is 0. The molecule has 2 nitrogen and oxygen atoms in total. The number of furan rings is 1. The molecule has 0 N–H and O–H groups in total. The van der Waals surface area contributed by atoms with Crippen LogP contribution in [0.1, 0.15) is 24.0 Å². The van der Waals surface area contributed by atoms with Crippen molar-refractivity contribution in [1.82, 2.24) is 4.98 Å². The fourth-order valence-corrected chi connectivity index (χ4v) is 3.92. The SMILES string of the molecule is c1coc(-c2nc3ccc4ccccc4c3c3c2CCCC3)c1. The van der Waals surface area contributed by atoms with Crippen LogP contribution in [0, 0.1) is 0 Å². The Morgan fingerprint density at radius 1 is 0.826 bits per heavy atom. The molecule has 23 heavy (non-hydrogen) atoms. The first kappa shape index (κ1) is 12.9. The van der Waals surface area contributed by atoms with Gasteiger partial charge in [0.25, 0.3) is 0 Å². The van der Waals surface area contributed by atoms with Gasteiger partial charge in [-0.15, -0.1) is 0 Å². The molecule has 0 aliphatic heterocycles. The zero-order valence-electron chi connectivity index (χ0n) is 12.9. The standard InChI is InChI=1S/C21H17NO/c1-2-7-15-14(6-1)11-12-18-20(15)16-8-3-4-9-17(16)21(22-18)19-10-5-13-23-19/h1-2,5-7,10-13H,3-4,8-9H2. The maximum atomic E-state index is 5.66. The van der Waals surface area contributed by atoms with E-state index in [0.717, 1.165) is 29.8 Å². The second-order valence-electron chi connectivity index (χ2n) is 6.28. The Morgan fingerprint density at radius 3 is 2.57 bits per heavy atom. The minimum absolute atomic E-state index is 0.887. The quantitative estimate of drug-likeness (QED) is 0.432. The van der Waals surface area contributed by atoms with Crippen LogP contribution >= 0.6 is 0 Å². The highest BCUT2D eigenvalue weighted by Gasteiger charge is 2.21. The number of benzene rings is 2. The number of hydrogen-bond acceptors (Lipinski definition) is 2. The maximum Gasteiger partial charge on any atom is 0.152 e. The van der Waals surface area contributed by atoms with Crippen molar-refractivity contribution in [3.8, 4) is 11.5 Å². The lowest BCUT2D eigenvalue weighted by atomic mass is 9.86. The van der Waals surface area contributed by atoms with Gasteiger partial charge in [0, 0.05) is 5.39 Å². The summed E-state index contributed by atoms with van der Waals surface area (Å²) in [6.07, 6.45) is 6.45. The summed E-state index contributed by atoms with van der Waals surface area (Å²) in [5.74, 6) is 0.887. The lowest BCUT2D eigenvalue weighted by Gasteiger charge is -2.21. The molecule has 2 heteroatoms. The first-order valence-electron chi connectivity index (χ1n) is 8.29. The number of rotatable bonds is 1. The average Bonchev–Trinajstić information content (AvgIpc) is 3.15. The molecule has 0 saturated heterocycles. The van der Waals surface area contributed by atoms with Crippen molar-refractivity contribution in [1.29, 1.82) is 0 Å². The van der Waals surface area contributed by atoms with Gasteiger partial charge in [-0.25, -0.2) is 4.98 Å². The highest BCUT2D eigenvalue weighted by Crippen LogP contribution is 2.38. The molecule has 1 aliphatic carbocycles. The number of fused-ring (bicyclic) bond motifs is 5. The van der Waals surface area contributed by atoms with Gasteiger partial charge in [0.2, 0.25) is 0 Å². The summed E-state index contributed by atoms with van der Waals surface area (Å²) in [6.45, 7) is 0. The van der Waals surface area contributed by atoms with Gasteiger partial charge in [-0.3, -0.25) is 0 Å². The Morgan fingerprint density at radius 2 is 1.70 bits per heavy atom. The van der Waals surface area contributed by atoms with Crippen LogP contribution in [0.15, 0.2) is 59.2 Å². The third kappa shape index (κ3) is 1.91. The predicted octanol–water partition coefficient (Wildman–Crippen LogP) is 5.53. The van der Waals surface area contributed by atoms with Crippen LogP contribution in [-0.4, -0.2) is 4.98 Å². The van der Waals surface area contributed by atoms with E-state index >= 15 is 0 Å². The zero-order valence-corrected chi connectivity index (χ0v) is 12.9. The van der Waals surface area contributed by atoms with Crippen LogP contribution in [0.25, 0.3) is 33.1 Å². The number of nitrogens with zero attached hydrogens (tertiary/aromatic N) is 1. The number of aryl methyl sites for hydroxylation is 1. The molecule has 0 atom stereocenters. The van der Waals surface area contributed by atoms with Crippen LogP contribution in [0.5, 0.6) is 0 Å². The lowest BCUT2D eigenvalue weighted by molar-refractivity contribution is 0.577. The highest BCUT2D eigenvalue weighted by molar-refractivity contribution is 6.09. The third-order valence-electron chi connectivity index (χ3n) is 4.95. The smallest absolute Gasteiger partial charge is 0.152 e. The van der Waals surface area contributed by atoms with Crippen molar-refractivity contribution in [3.05, 3.63) is 65.9 Å². The second kappa shape index (κ2) is 4.95. The summed E-state index contributed by atoms with van der Waals surface area (Å²) in [5.41, 5.74) is 4.97. The van der Waals surface area contributed by atoms with Crippen molar-refractivity contribution >= 4 is 21.7 Å². The molecular weight excluding hydrogens is 282 g/mol. The van der Waals surface area contributed by atoms with Crippen molar-refractivity contribution in [2.45, 2.75) is 25.7 Å². The maximum absolute atomic E-state index is 5.66. The van der Waals surface area contributed by atoms with Crippen molar-refractivity contribution < 1.29 is 4.42 Å². The molecule has 2 aromatic carbocycles. The molecule has 0 fully saturated rings. The van der Waals surface area contributed by atoms with Gasteiger partial charge in [0.15, 0.2) is 5.76 Å². The van der Waals surface area contributed by atoms with E-state index in [1.54, 1.807) is 6.26 Å². The van der Waals surface area contributed by atoms with Crippen molar-refractivity contribution in [3.63, 3.8) is 0 Å². The molecule has 0 saturated carbocycles. The molecule has 2 heterocycles. The topological polar surface area (TPSA) is 26.0 Å². The Labute approximate surface area is 134 Å². The molecule has 0 spiro atoms. The normalized spacial score (nSPS) is 14.3. The van der Waals surface area contributed by atoms with Crippen LogP contribution in [0.3, 0.4) is 0 Å². The summed E-state index contributed by atoms with van der Waals surface area (Å²) < 4.78 is 5.66. The van der Waals surface area contributed by atoms with E-state index in [9.17, 15) is 0 Å². The van der Waals surface area contributed by atoms with E-state index < -0.39 is 0 Å². The van der Waals surface area contributed by atoms with E-state index in [0.29, 0.717) is 0 Å². The van der Waals surface area contributed by atoms with Gasteiger partial charge in [0.1, 0.15) is 5.69 Å². The van der Waals surface area contributed by atoms with E-state index in [-0.39, 0.29) is 0 Å². The predicted molar refractivity (Wildman–Crippen MR) is 93.6 cm³/mol. The monoisotopic (exact) mass is 299 g/mol. The number of aromatic nitrogens is 1. The minimum atomic E-state index is 0.887. The molecule has 4 aromatic rings. The lowest BCUT2D eigenvalue weighted by Crippen LogP contribution is -2.07. The van der Waals surface area contributed by atoms with Crippen LogP contribution in [-0.2, 0) is 12.8 Å². The molecule has 5 rings (SSSR count). The van der Waals surface area contributed by atoms with E-state index in [1.807, 2.05) is 12.1 Å². The second-order valence-corrected chi connectivity index (χ2v) is 6.28. The Bertz CT molecular complexity index is 1020. The summed E-state index contributed by atoms with van der Waals surface area (Å²) in [7, 11) is 0. The number of hydrogen-bond donors (Lipinski definition) is 0. The number of pyridine rings is 1. The Balaban J connectivity index is 1.95. The summed E-state index contributed by atoms with van der Waals surface area (Å²) in [6, 6.07) is 16.9. The molecule has 0 amide bonds. The summed E-state index contributed by atoms with van der Waals surface area (Å²) in [4.78, 5) is 4.99. The molecule has 0 unspecified atom stereocenters. The Kier molecular flexibility index (Phi) is 2.77. The average molecular weight is 299 g/mol. The first-order valence-corrected chi connectivity index (χ1v) is 8.29. The Hall–Kier alpha value is -2.61. The third-order valence-corrected chi connectivity index (χ3v) is 4.95. The highest BCUT2D eigenvalue weighted by atomic mass is 16.3. The summed E-state index contributed by atoms with van der Waals surface area (Å²) in [5, 5.41) is 3.95. The molecule has 0 bridgehead atoms. The van der Waals surface area contributed by atoms with Crippen LogP contribution in [0.2, 0.25) is 0 Å². The van der Waals surface area contributed by atoms with Crippen molar-refractivity contribution in [2.75, 3.05) is 0 Å². The van der Waals surface area contributed by atoms with E-state index in [4.69, 9.17) is 9.40 Å².